The molecule has 4 heterocycles. The summed E-state index contributed by atoms with van der Waals surface area (Å²) >= 11 is 2.53. The fourth-order valence-electron chi connectivity index (χ4n) is 11.9. The molecule has 0 aliphatic heterocycles. The van der Waals surface area contributed by atoms with E-state index in [2.05, 4.69) is 300 Å². The molecule has 11 aromatic carbocycles. The first kappa shape index (κ1) is 51.4. The Balaban J connectivity index is 0.907. The number of pyridine rings is 2. The summed E-state index contributed by atoms with van der Waals surface area (Å²) in [5.74, 6) is 1.91. The maximum atomic E-state index is 6.85. The van der Waals surface area contributed by atoms with Crippen molar-refractivity contribution < 1.29 is 24.1 Å². The minimum Gasteiger partial charge on any atom is -0.256 e. The van der Waals surface area contributed by atoms with Crippen LogP contribution in [0.1, 0.15) is 5.56 Å². The molecule has 0 aliphatic rings. The van der Waals surface area contributed by atoms with Gasteiger partial charge in [-0.3, -0.25) is 4.98 Å². The molecule has 0 saturated carbocycles. The molecule has 0 aliphatic carbocycles. The summed E-state index contributed by atoms with van der Waals surface area (Å²) in [6.45, 7) is 2.11. The Labute approximate surface area is 503 Å². The average molecular weight is 1270 g/mol. The van der Waals surface area contributed by atoms with E-state index in [0.29, 0.717) is 11.5 Å². The van der Waals surface area contributed by atoms with Gasteiger partial charge in [0, 0.05) is 18.0 Å². The van der Waals surface area contributed by atoms with Gasteiger partial charge >= 0.3 is 436 Å². The zero-order valence-electron chi connectivity index (χ0n) is 46.2. The minimum absolute atomic E-state index is 0.559. The Morgan fingerprint density at radius 2 is 0.859 bits per heavy atom. The summed E-state index contributed by atoms with van der Waals surface area (Å²) in [6, 6.07) is 106. The molecule has 0 amide bonds. The number of benzene rings is 11. The third-order valence-electron chi connectivity index (χ3n) is 15.9. The van der Waals surface area contributed by atoms with Crippen LogP contribution in [0.4, 0.5) is 0 Å². The van der Waals surface area contributed by atoms with E-state index >= 15 is 0 Å². The number of nitrogens with zero attached hydrogens (tertiary/aromatic N) is 5. The van der Waals surface area contributed by atoms with Gasteiger partial charge in [-0.2, -0.15) is 0 Å². The Hall–Kier alpha value is -10.5. The number of imidazole rings is 1. The van der Waals surface area contributed by atoms with Crippen LogP contribution in [0.15, 0.2) is 291 Å². The fraction of sp³-hybridized carbons (Fsp3) is 0.0128. The first-order chi connectivity index (χ1) is 42.0. The third-order valence-corrected chi connectivity index (χ3v) is 16.9. The first-order valence-electron chi connectivity index (χ1n) is 28.4. The normalized spacial score (nSPS) is 11.4. The van der Waals surface area contributed by atoms with Gasteiger partial charge in [-0.05, 0) is 24.6 Å². The monoisotopic (exact) mass is 1270 g/mol. The van der Waals surface area contributed by atoms with Crippen molar-refractivity contribution in [3.8, 4) is 107 Å². The number of ether oxygens (including phenoxy) is 1. The van der Waals surface area contributed by atoms with Gasteiger partial charge in [-0.15, -0.1) is 0 Å². The maximum absolute atomic E-state index is 6.85. The molecule has 0 unspecified atom stereocenters. The number of aryl methyl sites for hydroxylation is 1. The first-order valence-corrected chi connectivity index (χ1v) is 29.5. The van der Waals surface area contributed by atoms with Crippen LogP contribution in [-0.2, 0) is 19.4 Å². The van der Waals surface area contributed by atoms with Crippen molar-refractivity contribution in [1.29, 1.82) is 0 Å². The molecule has 4 aromatic heterocycles. The molecule has 0 N–H and O–H groups in total. The van der Waals surface area contributed by atoms with Gasteiger partial charge in [-0.25, -0.2) is 0 Å². The van der Waals surface area contributed by atoms with Crippen molar-refractivity contribution in [3.63, 3.8) is 0 Å². The predicted molar refractivity (Wildman–Crippen MR) is 343 cm³/mol. The number of hydrogen-bond donors (Lipinski definition) is 0. The number of para-hydroxylation sites is 4. The second-order valence-corrected chi connectivity index (χ2v) is 22.2. The van der Waals surface area contributed by atoms with Crippen LogP contribution >= 0.6 is 0 Å². The Kier molecular flexibility index (Phi) is 13.3. The molecule has 0 radical (unpaired) electrons. The smallest absolute Gasteiger partial charge is 0.256 e. The van der Waals surface area contributed by atoms with Gasteiger partial charge in [0.15, 0.2) is 0 Å². The van der Waals surface area contributed by atoms with Crippen LogP contribution in [0.3, 0.4) is 0 Å². The van der Waals surface area contributed by atoms with E-state index in [-0.39, 0.29) is 0 Å². The molecule has 6 nitrogen and oxygen atoms in total. The predicted octanol–water partition coefficient (Wildman–Crippen LogP) is 19.8. The standard InChI is InChI=1S/C78H51N5O.Pt/c1-53-42-77(80-51-71(53)72-35-18-19-41-79-72)83-73-36-15-14-32-69(73)70-40-39-66(50-76(70)83)84-65-31-20-30-64(49-65)81-52-82(75-38-17-16-37-74(75)81)78-67(62-45-58(54-22-6-2-7-23-54)43-59(46-62)55-24-8-3-9-25-55)33-21-34-68(78)63-47-60(56-26-10-4-11-27-56)44-61(48-63)57-28-12-5-13-29-57;/h2-48,51H,1H3;/q-2;. The van der Waals surface area contributed by atoms with Crippen LogP contribution in [-0.4, -0.2) is 23.7 Å². The van der Waals surface area contributed by atoms with Crippen LogP contribution in [0.25, 0.3) is 128 Å². The van der Waals surface area contributed by atoms with Gasteiger partial charge in [0.1, 0.15) is 0 Å². The second kappa shape index (κ2) is 22.0. The number of aromatic nitrogens is 5. The molecule has 0 atom stereocenters. The molecule has 0 fully saturated rings. The van der Waals surface area contributed by atoms with Crippen LogP contribution in [0.5, 0.6) is 11.5 Å². The Morgan fingerprint density at radius 3 is 1.41 bits per heavy atom. The summed E-state index contributed by atoms with van der Waals surface area (Å²) in [4.78, 5) is 9.65. The van der Waals surface area contributed by atoms with Crippen molar-refractivity contribution in [2.75, 3.05) is 0 Å². The van der Waals surface area contributed by atoms with Crippen LogP contribution < -0.4 is 4.74 Å². The minimum atomic E-state index is 0.559. The van der Waals surface area contributed by atoms with E-state index in [1.807, 2.05) is 48.8 Å². The molecule has 406 valence electrons. The molecule has 0 spiro atoms. The van der Waals surface area contributed by atoms with E-state index in [1.54, 1.807) is 0 Å². The number of rotatable bonds is 12. The molecule has 0 bridgehead atoms. The summed E-state index contributed by atoms with van der Waals surface area (Å²) in [7, 11) is 0. The van der Waals surface area contributed by atoms with Gasteiger partial charge in [0.25, 0.3) is 0 Å². The van der Waals surface area contributed by atoms with Crippen molar-refractivity contribution in [2.24, 2.45) is 0 Å². The zero-order valence-corrected chi connectivity index (χ0v) is 48.4. The van der Waals surface area contributed by atoms with Crippen molar-refractivity contribution in [3.05, 3.63) is 313 Å². The van der Waals surface area contributed by atoms with Crippen LogP contribution in [0.2, 0.25) is 0 Å². The van der Waals surface area contributed by atoms with E-state index in [1.165, 1.54) is 0 Å². The Morgan fingerprint density at radius 1 is 0.365 bits per heavy atom. The topological polar surface area (TPSA) is 49.8 Å². The number of fused-ring (bicyclic) bond motifs is 4. The summed E-state index contributed by atoms with van der Waals surface area (Å²) in [5, 5.41) is 2.16. The zero-order chi connectivity index (χ0) is 56.8. The second-order valence-electron chi connectivity index (χ2n) is 21.2. The van der Waals surface area contributed by atoms with Gasteiger partial charge in [-0.1, -0.05) is 18.2 Å². The van der Waals surface area contributed by atoms with E-state index < -0.39 is 0 Å². The van der Waals surface area contributed by atoms with E-state index in [0.717, 1.165) is 137 Å². The molecular weight excluding hydrogens is 1220 g/mol. The summed E-state index contributed by atoms with van der Waals surface area (Å²) < 4.78 is 14.7. The van der Waals surface area contributed by atoms with Crippen molar-refractivity contribution in [2.45, 2.75) is 6.92 Å². The molecule has 85 heavy (non-hydrogen) atoms. The summed E-state index contributed by atoms with van der Waals surface area (Å²) in [6.07, 6.45) is 3.73. The molecular formula is C78H51N5OPt-2. The van der Waals surface area contributed by atoms with Crippen LogP contribution in [0, 0.1) is 22.9 Å². The van der Waals surface area contributed by atoms with Crippen molar-refractivity contribution >= 4 is 32.8 Å². The SMILES string of the molecule is Cc1cc(-n2c3[c-]c(Oc4[c-]c(-n5[c](=[Pt])n(-c6c(-c7cc(-c8ccccc8)cc(-c8ccccc8)c7)cccc6-c6cc(-c7ccccc7)cc(-c7ccccc7)c6)c6ccccc65)ccc4)ccc3c3ccccc32)ncc1-c1ccccn1. The molecule has 15 aromatic rings. The van der Waals surface area contributed by atoms with Gasteiger partial charge < -0.3 is 0 Å². The Bertz CT molecular complexity index is 4790. The number of hydrogen-bond acceptors (Lipinski definition) is 3. The van der Waals surface area contributed by atoms with Gasteiger partial charge in [0.05, 0.1) is 5.69 Å². The third kappa shape index (κ3) is 9.63. The van der Waals surface area contributed by atoms with Gasteiger partial charge in [0.2, 0.25) is 0 Å². The van der Waals surface area contributed by atoms with Crippen molar-refractivity contribution in [1.82, 2.24) is 23.7 Å². The average Bonchev–Trinajstić information content (AvgIpc) is 2.29. The quantitative estimate of drug-likeness (QED) is 0.115. The summed E-state index contributed by atoms with van der Waals surface area (Å²) in [5.41, 5.74) is 22.3. The fourth-order valence-corrected chi connectivity index (χ4v) is 13.0. The van der Waals surface area contributed by atoms with E-state index in [4.69, 9.17) is 9.72 Å². The molecule has 7 heteroatoms. The molecule has 0 saturated heterocycles. The van der Waals surface area contributed by atoms with E-state index in [9.17, 15) is 0 Å². The molecule has 15 rings (SSSR count).